The van der Waals surface area contributed by atoms with Crippen LogP contribution in [-0.2, 0) is 6.54 Å². The molecule has 0 atom stereocenters. The van der Waals surface area contributed by atoms with Gasteiger partial charge in [-0.2, -0.15) is 0 Å². The molecule has 0 unspecified atom stereocenters. The van der Waals surface area contributed by atoms with Gasteiger partial charge >= 0.3 is 0 Å². The van der Waals surface area contributed by atoms with Gasteiger partial charge in [-0.25, -0.2) is 4.98 Å². The fourth-order valence-corrected chi connectivity index (χ4v) is 1.73. The Morgan fingerprint density at radius 3 is 2.53 bits per heavy atom. The van der Waals surface area contributed by atoms with Crippen molar-refractivity contribution in [3.8, 4) is 11.6 Å². The zero-order valence-electron chi connectivity index (χ0n) is 8.86. The second-order valence-corrected chi connectivity index (χ2v) is 4.66. The van der Waals surface area contributed by atoms with Crippen LogP contribution in [0.1, 0.15) is 5.69 Å². The minimum absolute atomic E-state index is 0.288. The minimum atomic E-state index is 0.288. The lowest BCUT2D eigenvalue weighted by Gasteiger charge is -2.07. The summed E-state index contributed by atoms with van der Waals surface area (Å²) < 4.78 is 6.58. The van der Waals surface area contributed by atoms with Crippen LogP contribution in [0.3, 0.4) is 0 Å². The van der Waals surface area contributed by atoms with Gasteiger partial charge in [0, 0.05) is 17.1 Å². The lowest BCUT2D eigenvalue weighted by Crippen LogP contribution is -2.01. The van der Waals surface area contributed by atoms with Crippen LogP contribution in [0.15, 0.2) is 40.9 Å². The molecule has 2 N–H and O–H groups in total. The van der Waals surface area contributed by atoms with Gasteiger partial charge in [0.25, 0.3) is 0 Å². The summed E-state index contributed by atoms with van der Waals surface area (Å²) in [6.07, 6.45) is 0. The molecule has 0 saturated heterocycles. The van der Waals surface area contributed by atoms with Crippen molar-refractivity contribution in [2.24, 2.45) is 5.73 Å². The van der Waals surface area contributed by atoms with E-state index in [0.717, 1.165) is 4.47 Å². The van der Waals surface area contributed by atoms with E-state index in [1.54, 1.807) is 12.1 Å². The van der Waals surface area contributed by atoms with Gasteiger partial charge in [-0.3, -0.25) is 0 Å². The third kappa shape index (κ3) is 3.19. The highest BCUT2D eigenvalue weighted by Crippen LogP contribution is 2.24. The number of ether oxygens (including phenoxy) is 1. The van der Waals surface area contributed by atoms with Gasteiger partial charge in [-0.1, -0.05) is 27.5 Å². The number of nitrogens with two attached hydrogens (primary N) is 1. The summed E-state index contributed by atoms with van der Waals surface area (Å²) in [6.45, 7) is 0.288. The molecule has 1 aromatic carbocycles. The predicted molar refractivity (Wildman–Crippen MR) is 71.4 cm³/mol. The zero-order valence-corrected chi connectivity index (χ0v) is 11.2. The fourth-order valence-electron chi connectivity index (χ4n) is 1.29. The standard InChI is InChI=1S/C12H10BrClN2O/c13-8-1-3-9(4-2-8)17-12-6-5-10(14)11(7-15)16-12/h1-6H,7,15H2. The maximum atomic E-state index is 5.92. The lowest BCUT2D eigenvalue weighted by atomic mass is 10.3. The number of nitrogens with zero attached hydrogens (tertiary/aromatic N) is 1. The lowest BCUT2D eigenvalue weighted by molar-refractivity contribution is 0.460. The summed E-state index contributed by atoms with van der Waals surface area (Å²) in [5, 5.41) is 0.552. The van der Waals surface area contributed by atoms with Crippen LogP contribution in [0.4, 0.5) is 0 Å². The van der Waals surface area contributed by atoms with Crippen LogP contribution >= 0.6 is 27.5 Å². The normalized spacial score (nSPS) is 10.3. The van der Waals surface area contributed by atoms with Crippen molar-refractivity contribution in [3.05, 3.63) is 51.6 Å². The summed E-state index contributed by atoms with van der Waals surface area (Å²) in [4.78, 5) is 4.22. The molecular formula is C12H10BrClN2O. The monoisotopic (exact) mass is 312 g/mol. The quantitative estimate of drug-likeness (QED) is 0.939. The number of aromatic nitrogens is 1. The number of benzene rings is 1. The summed E-state index contributed by atoms with van der Waals surface area (Å²) in [6, 6.07) is 10.9. The number of halogens is 2. The molecule has 17 heavy (non-hydrogen) atoms. The number of hydrogen-bond donors (Lipinski definition) is 1. The van der Waals surface area contributed by atoms with Crippen molar-refractivity contribution in [1.29, 1.82) is 0 Å². The first-order valence-corrected chi connectivity index (χ1v) is 6.15. The van der Waals surface area contributed by atoms with E-state index < -0.39 is 0 Å². The number of hydrogen-bond acceptors (Lipinski definition) is 3. The zero-order chi connectivity index (χ0) is 12.3. The van der Waals surface area contributed by atoms with Gasteiger partial charge < -0.3 is 10.5 Å². The van der Waals surface area contributed by atoms with E-state index in [1.165, 1.54) is 0 Å². The van der Waals surface area contributed by atoms with Crippen LogP contribution in [0, 0.1) is 0 Å². The van der Waals surface area contributed by atoms with Gasteiger partial charge in [0.2, 0.25) is 5.88 Å². The molecule has 2 rings (SSSR count). The third-order valence-corrected chi connectivity index (χ3v) is 3.00. The van der Waals surface area contributed by atoms with Crippen molar-refractivity contribution < 1.29 is 4.74 Å². The van der Waals surface area contributed by atoms with Crippen molar-refractivity contribution >= 4 is 27.5 Å². The van der Waals surface area contributed by atoms with Gasteiger partial charge in [-0.05, 0) is 30.3 Å². The predicted octanol–water partition coefficient (Wildman–Crippen LogP) is 3.75. The molecule has 3 nitrogen and oxygen atoms in total. The van der Waals surface area contributed by atoms with Crippen LogP contribution in [0.25, 0.3) is 0 Å². The van der Waals surface area contributed by atoms with E-state index >= 15 is 0 Å². The molecule has 0 saturated carbocycles. The first-order chi connectivity index (χ1) is 8.19. The number of pyridine rings is 1. The molecule has 0 bridgehead atoms. The van der Waals surface area contributed by atoms with Crippen LogP contribution in [0.2, 0.25) is 5.02 Å². The van der Waals surface area contributed by atoms with Crippen molar-refractivity contribution in [2.75, 3.05) is 0 Å². The molecule has 1 heterocycles. The van der Waals surface area contributed by atoms with Gasteiger partial charge in [-0.15, -0.1) is 0 Å². The average Bonchev–Trinajstić information content (AvgIpc) is 2.34. The summed E-state index contributed by atoms with van der Waals surface area (Å²) in [5.41, 5.74) is 6.15. The topological polar surface area (TPSA) is 48.1 Å². The Morgan fingerprint density at radius 1 is 1.18 bits per heavy atom. The molecule has 88 valence electrons. The summed E-state index contributed by atoms with van der Waals surface area (Å²) >= 11 is 9.27. The highest BCUT2D eigenvalue weighted by atomic mass is 79.9. The molecule has 0 fully saturated rings. The van der Waals surface area contributed by atoms with Crippen LogP contribution < -0.4 is 10.5 Å². The molecule has 1 aromatic heterocycles. The summed E-state index contributed by atoms with van der Waals surface area (Å²) in [5.74, 6) is 1.20. The highest BCUT2D eigenvalue weighted by molar-refractivity contribution is 9.10. The van der Waals surface area contributed by atoms with Crippen molar-refractivity contribution in [2.45, 2.75) is 6.54 Å². The molecule has 0 radical (unpaired) electrons. The van der Waals surface area contributed by atoms with Crippen molar-refractivity contribution in [3.63, 3.8) is 0 Å². The van der Waals surface area contributed by atoms with Gasteiger partial charge in [0.05, 0.1) is 10.7 Å². The third-order valence-electron chi connectivity index (χ3n) is 2.12. The molecule has 0 spiro atoms. The second-order valence-electron chi connectivity index (χ2n) is 3.34. The second kappa shape index (κ2) is 5.49. The molecule has 2 aromatic rings. The fraction of sp³-hybridized carbons (Fsp3) is 0.0833. The molecule has 0 aliphatic heterocycles. The van der Waals surface area contributed by atoms with E-state index in [2.05, 4.69) is 20.9 Å². The largest absolute Gasteiger partial charge is 0.439 e. The van der Waals surface area contributed by atoms with E-state index in [-0.39, 0.29) is 6.54 Å². The van der Waals surface area contributed by atoms with Crippen molar-refractivity contribution in [1.82, 2.24) is 4.98 Å². The maximum absolute atomic E-state index is 5.92. The first kappa shape index (κ1) is 12.4. The van der Waals surface area contributed by atoms with Gasteiger partial charge in [0.15, 0.2) is 0 Å². The maximum Gasteiger partial charge on any atom is 0.219 e. The Hall–Kier alpha value is -1.10. The van der Waals surface area contributed by atoms with E-state index in [9.17, 15) is 0 Å². The van der Waals surface area contributed by atoms with E-state index in [1.807, 2.05) is 24.3 Å². The minimum Gasteiger partial charge on any atom is -0.439 e. The molecular weight excluding hydrogens is 304 g/mol. The Bertz CT molecular complexity index is 516. The Balaban J connectivity index is 2.21. The first-order valence-electron chi connectivity index (χ1n) is 4.98. The van der Waals surface area contributed by atoms with E-state index in [4.69, 9.17) is 22.1 Å². The Morgan fingerprint density at radius 2 is 1.88 bits per heavy atom. The molecule has 0 aliphatic carbocycles. The number of rotatable bonds is 3. The Labute approximate surface area is 113 Å². The summed E-state index contributed by atoms with van der Waals surface area (Å²) in [7, 11) is 0. The van der Waals surface area contributed by atoms with Crippen LogP contribution in [-0.4, -0.2) is 4.98 Å². The molecule has 0 amide bonds. The molecule has 0 aliphatic rings. The average molecular weight is 314 g/mol. The van der Waals surface area contributed by atoms with Gasteiger partial charge in [0.1, 0.15) is 5.75 Å². The SMILES string of the molecule is NCc1nc(Oc2ccc(Br)cc2)ccc1Cl. The smallest absolute Gasteiger partial charge is 0.219 e. The van der Waals surface area contributed by atoms with E-state index in [0.29, 0.717) is 22.3 Å². The van der Waals surface area contributed by atoms with Crippen LogP contribution in [0.5, 0.6) is 11.6 Å². The Kier molecular flexibility index (Phi) is 3.99. The highest BCUT2D eigenvalue weighted by Gasteiger charge is 2.04. The molecule has 5 heteroatoms.